The van der Waals surface area contributed by atoms with Crippen LogP contribution >= 0.6 is 0 Å². The fourth-order valence-corrected chi connectivity index (χ4v) is 3.65. The Labute approximate surface area is 112 Å². The first-order valence-electron chi connectivity index (χ1n) is 6.97. The summed E-state index contributed by atoms with van der Waals surface area (Å²) in [5.41, 5.74) is 0. The predicted molar refractivity (Wildman–Crippen MR) is 67.3 cm³/mol. The van der Waals surface area contributed by atoms with E-state index in [0.29, 0.717) is 6.54 Å². The molecule has 1 saturated heterocycles. The van der Waals surface area contributed by atoms with Crippen LogP contribution in [0.4, 0.5) is 0 Å². The van der Waals surface area contributed by atoms with Gasteiger partial charge >= 0.3 is 5.97 Å². The molecule has 5 nitrogen and oxygen atoms in total. The molecule has 0 aromatic carbocycles. The van der Waals surface area contributed by atoms with Crippen molar-refractivity contribution < 1.29 is 19.4 Å². The molecule has 1 saturated carbocycles. The molecule has 1 heterocycles. The van der Waals surface area contributed by atoms with E-state index in [0.717, 1.165) is 25.9 Å². The van der Waals surface area contributed by atoms with Crippen LogP contribution in [-0.4, -0.2) is 36.2 Å². The van der Waals surface area contributed by atoms with Gasteiger partial charge in [0.15, 0.2) is 0 Å². The number of hydrogen-bond acceptors (Lipinski definition) is 3. The van der Waals surface area contributed by atoms with Crippen LogP contribution in [0.3, 0.4) is 0 Å². The van der Waals surface area contributed by atoms with Crippen molar-refractivity contribution in [3.63, 3.8) is 0 Å². The van der Waals surface area contributed by atoms with Gasteiger partial charge in [-0.2, -0.15) is 0 Å². The number of carbonyl (C=O) groups excluding carboxylic acids is 1. The third-order valence-electron chi connectivity index (χ3n) is 4.58. The molecule has 3 rings (SSSR count). The zero-order valence-corrected chi connectivity index (χ0v) is 10.7. The fraction of sp³-hybridized carbons (Fsp3) is 0.714. The van der Waals surface area contributed by atoms with Gasteiger partial charge in [0.1, 0.15) is 0 Å². The Balaban J connectivity index is 1.62. The third kappa shape index (κ3) is 2.27. The zero-order valence-electron chi connectivity index (χ0n) is 10.7. The standard InChI is InChI=1S/C14H19NO4/c16-13(15-7-10-2-1-5-19-10)11-8-3-4-9(6-8)12(11)14(17)18/h3-4,8-12H,1-2,5-7H2,(H,15,16)(H,17,18)/t8-,9-,10-,11+,12+/m0/s1. The molecule has 0 aromatic rings. The quantitative estimate of drug-likeness (QED) is 0.737. The van der Waals surface area contributed by atoms with E-state index in [1.54, 1.807) is 0 Å². The lowest BCUT2D eigenvalue weighted by atomic mass is 9.82. The molecular weight excluding hydrogens is 246 g/mol. The number of ether oxygens (including phenoxy) is 1. The summed E-state index contributed by atoms with van der Waals surface area (Å²) in [4.78, 5) is 23.6. The molecule has 104 valence electrons. The molecule has 5 atom stereocenters. The summed E-state index contributed by atoms with van der Waals surface area (Å²) in [7, 11) is 0. The van der Waals surface area contributed by atoms with E-state index < -0.39 is 17.8 Å². The molecule has 2 N–H and O–H groups in total. The summed E-state index contributed by atoms with van der Waals surface area (Å²) in [5.74, 6) is -1.82. The van der Waals surface area contributed by atoms with Crippen molar-refractivity contribution in [2.75, 3.05) is 13.2 Å². The number of amides is 1. The lowest BCUT2D eigenvalue weighted by Crippen LogP contribution is -2.42. The summed E-state index contributed by atoms with van der Waals surface area (Å²) in [6.07, 6.45) is 6.86. The molecular formula is C14H19NO4. The van der Waals surface area contributed by atoms with Crippen molar-refractivity contribution in [3.05, 3.63) is 12.2 Å². The van der Waals surface area contributed by atoms with Crippen LogP contribution in [0.25, 0.3) is 0 Å². The van der Waals surface area contributed by atoms with Gasteiger partial charge in [-0.05, 0) is 31.1 Å². The Morgan fingerprint density at radius 2 is 2.00 bits per heavy atom. The highest BCUT2D eigenvalue weighted by atomic mass is 16.5. The molecule has 5 heteroatoms. The molecule has 1 amide bonds. The Morgan fingerprint density at radius 3 is 2.63 bits per heavy atom. The minimum absolute atomic E-state index is 0.0287. The Bertz CT molecular complexity index is 414. The van der Waals surface area contributed by atoms with Crippen LogP contribution in [0, 0.1) is 23.7 Å². The Hall–Kier alpha value is -1.36. The van der Waals surface area contributed by atoms with E-state index in [1.165, 1.54) is 0 Å². The van der Waals surface area contributed by atoms with Crippen molar-refractivity contribution in [3.8, 4) is 0 Å². The van der Waals surface area contributed by atoms with Gasteiger partial charge in [0.25, 0.3) is 0 Å². The summed E-state index contributed by atoms with van der Waals surface area (Å²) in [5, 5.41) is 12.2. The Kier molecular flexibility index (Phi) is 3.31. The third-order valence-corrected chi connectivity index (χ3v) is 4.58. The van der Waals surface area contributed by atoms with E-state index in [-0.39, 0.29) is 23.8 Å². The van der Waals surface area contributed by atoms with E-state index in [1.807, 2.05) is 12.2 Å². The van der Waals surface area contributed by atoms with Crippen LogP contribution in [0.5, 0.6) is 0 Å². The SMILES string of the molecule is O=C(O)[C@H]1[C@H](C(=O)NC[C@@H]2CCCO2)[C@H]2C=C[C@H]1C2. The van der Waals surface area contributed by atoms with Gasteiger partial charge < -0.3 is 15.2 Å². The number of allylic oxidation sites excluding steroid dienone is 2. The first-order valence-corrected chi connectivity index (χ1v) is 6.97. The second-order valence-corrected chi connectivity index (χ2v) is 5.72. The molecule has 0 aromatic heterocycles. The summed E-state index contributed by atoms with van der Waals surface area (Å²) < 4.78 is 5.46. The largest absolute Gasteiger partial charge is 0.481 e. The molecule has 2 aliphatic carbocycles. The molecule has 2 bridgehead atoms. The van der Waals surface area contributed by atoms with Crippen molar-refractivity contribution in [2.24, 2.45) is 23.7 Å². The lowest BCUT2D eigenvalue weighted by molar-refractivity contribution is -0.147. The first-order chi connectivity index (χ1) is 9.16. The minimum Gasteiger partial charge on any atom is -0.481 e. The highest BCUT2D eigenvalue weighted by Gasteiger charge is 2.51. The van der Waals surface area contributed by atoms with Crippen LogP contribution in [-0.2, 0) is 14.3 Å². The monoisotopic (exact) mass is 265 g/mol. The maximum Gasteiger partial charge on any atom is 0.307 e. The number of fused-ring (bicyclic) bond motifs is 2. The van der Waals surface area contributed by atoms with Crippen LogP contribution in [0.1, 0.15) is 19.3 Å². The van der Waals surface area contributed by atoms with Gasteiger partial charge in [-0.25, -0.2) is 0 Å². The Morgan fingerprint density at radius 1 is 1.26 bits per heavy atom. The number of nitrogens with one attached hydrogen (secondary N) is 1. The van der Waals surface area contributed by atoms with Crippen molar-refractivity contribution >= 4 is 11.9 Å². The van der Waals surface area contributed by atoms with E-state index >= 15 is 0 Å². The van der Waals surface area contributed by atoms with Gasteiger partial charge in [0.05, 0.1) is 17.9 Å². The van der Waals surface area contributed by atoms with Crippen molar-refractivity contribution in [1.82, 2.24) is 5.32 Å². The fourth-order valence-electron chi connectivity index (χ4n) is 3.65. The van der Waals surface area contributed by atoms with Gasteiger partial charge in [-0.15, -0.1) is 0 Å². The van der Waals surface area contributed by atoms with Crippen molar-refractivity contribution in [2.45, 2.75) is 25.4 Å². The topological polar surface area (TPSA) is 75.6 Å². The molecule has 0 unspecified atom stereocenters. The van der Waals surface area contributed by atoms with Gasteiger partial charge in [0.2, 0.25) is 5.91 Å². The number of rotatable bonds is 4. The minimum atomic E-state index is -0.853. The predicted octanol–water partition coefficient (Wildman–Crippen LogP) is 0.804. The van der Waals surface area contributed by atoms with E-state index in [9.17, 15) is 14.7 Å². The molecule has 2 fully saturated rings. The van der Waals surface area contributed by atoms with Gasteiger partial charge in [-0.1, -0.05) is 12.2 Å². The molecule has 1 aliphatic heterocycles. The maximum atomic E-state index is 12.2. The van der Waals surface area contributed by atoms with Crippen LogP contribution in [0.15, 0.2) is 12.2 Å². The van der Waals surface area contributed by atoms with Crippen LogP contribution in [0.2, 0.25) is 0 Å². The molecule has 3 aliphatic rings. The van der Waals surface area contributed by atoms with E-state index in [4.69, 9.17) is 4.74 Å². The summed E-state index contributed by atoms with van der Waals surface area (Å²) in [6.45, 7) is 1.26. The molecule has 0 radical (unpaired) electrons. The number of hydrogen-bond donors (Lipinski definition) is 2. The zero-order chi connectivity index (χ0) is 13.4. The lowest BCUT2D eigenvalue weighted by Gasteiger charge is -2.24. The summed E-state index contributed by atoms with van der Waals surface area (Å²) in [6, 6.07) is 0. The summed E-state index contributed by atoms with van der Waals surface area (Å²) >= 11 is 0. The normalized spacial score (nSPS) is 39.7. The van der Waals surface area contributed by atoms with Crippen molar-refractivity contribution in [1.29, 1.82) is 0 Å². The highest BCUT2D eigenvalue weighted by molar-refractivity contribution is 5.86. The van der Waals surface area contributed by atoms with Gasteiger partial charge in [-0.3, -0.25) is 9.59 Å². The molecule has 0 spiro atoms. The maximum absolute atomic E-state index is 12.2. The average molecular weight is 265 g/mol. The number of aliphatic carboxylic acids is 1. The smallest absolute Gasteiger partial charge is 0.307 e. The number of carboxylic acids is 1. The number of carboxylic acid groups (broad SMARTS) is 1. The second-order valence-electron chi connectivity index (χ2n) is 5.72. The second kappa shape index (κ2) is 4.96. The van der Waals surface area contributed by atoms with E-state index in [2.05, 4.69) is 5.32 Å². The average Bonchev–Trinajstić information content (AvgIpc) is 3.10. The number of carbonyl (C=O) groups is 2. The van der Waals surface area contributed by atoms with Gasteiger partial charge in [0, 0.05) is 13.2 Å². The van der Waals surface area contributed by atoms with Crippen LogP contribution < -0.4 is 5.32 Å². The highest BCUT2D eigenvalue weighted by Crippen LogP contribution is 2.48. The first kappa shape index (κ1) is 12.7. The molecule has 19 heavy (non-hydrogen) atoms.